The smallest absolute Gasteiger partial charge is 0.0611 e. The van der Waals surface area contributed by atoms with E-state index in [-0.39, 0.29) is 18.2 Å². The minimum absolute atomic E-state index is 0.150. The summed E-state index contributed by atoms with van der Waals surface area (Å²) in [7, 11) is 0. The Labute approximate surface area is 104 Å². The fraction of sp³-hybridized carbons (Fsp3) is 0.769. The maximum Gasteiger partial charge on any atom is 0.0611 e. The number of hydrogen-bond donors (Lipinski definition) is 2. The number of rotatable bonds is 7. The molecular formula is C13H25N3O. The molecule has 0 bridgehead atoms. The maximum atomic E-state index is 9.52. The Bertz CT molecular complexity index is 337. The first-order chi connectivity index (χ1) is 8.00. The minimum Gasteiger partial charge on any atom is -0.394 e. The van der Waals surface area contributed by atoms with Gasteiger partial charge in [-0.3, -0.25) is 4.68 Å². The lowest BCUT2D eigenvalue weighted by Crippen LogP contribution is -2.47. The van der Waals surface area contributed by atoms with E-state index in [1.807, 2.05) is 24.0 Å². The highest BCUT2D eigenvalue weighted by atomic mass is 16.3. The summed E-state index contributed by atoms with van der Waals surface area (Å²) in [6.07, 6.45) is 5.85. The van der Waals surface area contributed by atoms with Gasteiger partial charge in [0.25, 0.3) is 0 Å². The number of aryl methyl sites for hydroxylation is 1. The van der Waals surface area contributed by atoms with Gasteiger partial charge in [0, 0.05) is 11.7 Å². The van der Waals surface area contributed by atoms with Crippen LogP contribution in [0.15, 0.2) is 12.4 Å². The molecule has 2 N–H and O–H groups in total. The molecule has 0 radical (unpaired) electrons. The monoisotopic (exact) mass is 239 g/mol. The molecule has 4 heteroatoms. The van der Waals surface area contributed by atoms with Crippen LogP contribution in [0.2, 0.25) is 0 Å². The third-order valence-corrected chi connectivity index (χ3v) is 3.08. The third-order valence-electron chi connectivity index (χ3n) is 3.08. The third kappa shape index (κ3) is 4.13. The van der Waals surface area contributed by atoms with Gasteiger partial charge in [-0.15, -0.1) is 0 Å². The molecule has 0 saturated heterocycles. The molecule has 2 unspecified atom stereocenters. The van der Waals surface area contributed by atoms with Gasteiger partial charge >= 0.3 is 0 Å². The van der Waals surface area contributed by atoms with Crippen LogP contribution in [0.4, 0.5) is 0 Å². The summed E-state index contributed by atoms with van der Waals surface area (Å²) in [6, 6.07) is 0.283. The van der Waals surface area contributed by atoms with Crippen molar-refractivity contribution in [3.63, 3.8) is 0 Å². The molecule has 0 saturated carbocycles. The second-order valence-electron chi connectivity index (χ2n) is 5.20. The van der Waals surface area contributed by atoms with Gasteiger partial charge in [-0.05, 0) is 45.7 Å². The summed E-state index contributed by atoms with van der Waals surface area (Å²) in [6.45, 7) is 9.45. The molecule has 0 fully saturated rings. The number of nitrogens with one attached hydrogen (secondary N) is 1. The first kappa shape index (κ1) is 14.2. The fourth-order valence-corrected chi connectivity index (χ4v) is 2.04. The molecule has 0 aliphatic rings. The first-order valence-corrected chi connectivity index (χ1v) is 6.37. The zero-order chi connectivity index (χ0) is 12.9. The predicted octanol–water partition coefficient (Wildman–Crippen LogP) is 1.89. The van der Waals surface area contributed by atoms with Crippen LogP contribution in [0, 0.1) is 6.92 Å². The van der Waals surface area contributed by atoms with Crippen molar-refractivity contribution in [3.8, 4) is 0 Å². The quantitative estimate of drug-likeness (QED) is 0.764. The number of aromatic nitrogens is 2. The van der Waals surface area contributed by atoms with Gasteiger partial charge in [0.1, 0.15) is 0 Å². The summed E-state index contributed by atoms with van der Waals surface area (Å²) < 4.78 is 1.97. The summed E-state index contributed by atoms with van der Waals surface area (Å²) >= 11 is 0. The molecule has 98 valence electrons. The number of aliphatic hydroxyl groups excluding tert-OH is 1. The van der Waals surface area contributed by atoms with E-state index >= 15 is 0 Å². The van der Waals surface area contributed by atoms with E-state index in [9.17, 15) is 5.11 Å². The number of nitrogens with zero attached hydrogens (tertiary/aromatic N) is 2. The van der Waals surface area contributed by atoms with Gasteiger partial charge in [-0.25, -0.2) is 0 Å². The van der Waals surface area contributed by atoms with Crippen LogP contribution in [-0.4, -0.2) is 33.6 Å². The molecule has 0 aromatic carbocycles. The second-order valence-corrected chi connectivity index (χ2v) is 5.20. The SMILES string of the molecule is CCCNC(C)(CO)CC(C)n1cc(C)cn1. The van der Waals surface area contributed by atoms with Crippen molar-refractivity contribution in [1.29, 1.82) is 0 Å². The molecule has 0 aliphatic carbocycles. The van der Waals surface area contributed by atoms with Crippen LogP contribution < -0.4 is 5.32 Å². The molecule has 1 rings (SSSR count). The van der Waals surface area contributed by atoms with Crippen LogP contribution in [0.5, 0.6) is 0 Å². The Morgan fingerprint density at radius 3 is 2.76 bits per heavy atom. The van der Waals surface area contributed by atoms with Crippen molar-refractivity contribution < 1.29 is 5.11 Å². The van der Waals surface area contributed by atoms with Crippen LogP contribution in [0.25, 0.3) is 0 Å². The second kappa shape index (κ2) is 6.17. The number of aliphatic hydroxyl groups is 1. The fourth-order valence-electron chi connectivity index (χ4n) is 2.04. The number of hydrogen-bond acceptors (Lipinski definition) is 3. The lowest BCUT2D eigenvalue weighted by atomic mass is 9.94. The van der Waals surface area contributed by atoms with Gasteiger partial charge in [-0.2, -0.15) is 5.10 Å². The van der Waals surface area contributed by atoms with Gasteiger partial charge in [0.15, 0.2) is 0 Å². The lowest BCUT2D eigenvalue weighted by Gasteiger charge is -2.31. The Kier molecular flexibility index (Phi) is 5.15. The molecule has 2 atom stereocenters. The normalized spacial score (nSPS) is 16.8. The van der Waals surface area contributed by atoms with E-state index in [0.29, 0.717) is 0 Å². The maximum absolute atomic E-state index is 9.52. The Morgan fingerprint density at radius 2 is 2.29 bits per heavy atom. The molecule has 1 aromatic heterocycles. The average Bonchev–Trinajstić information content (AvgIpc) is 2.73. The highest BCUT2D eigenvalue weighted by Crippen LogP contribution is 2.20. The van der Waals surface area contributed by atoms with Gasteiger partial charge in [-0.1, -0.05) is 6.92 Å². The largest absolute Gasteiger partial charge is 0.394 e. The van der Waals surface area contributed by atoms with Crippen LogP contribution in [-0.2, 0) is 0 Å². The van der Waals surface area contributed by atoms with Gasteiger partial charge < -0.3 is 10.4 Å². The first-order valence-electron chi connectivity index (χ1n) is 6.37. The Morgan fingerprint density at radius 1 is 1.59 bits per heavy atom. The van der Waals surface area contributed by atoms with Crippen LogP contribution in [0.3, 0.4) is 0 Å². The van der Waals surface area contributed by atoms with E-state index in [1.54, 1.807) is 0 Å². The van der Waals surface area contributed by atoms with Crippen molar-refractivity contribution >= 4 is 0 Å². The molecular weight excluding hydrogens is 214 g/mol. The van der Waals surface area contributed by atoms with Crippen molar-refractivity contribution in [3.05, 3.63) is 18.0 Å². The van der Waals surface area contributed by atoms with Gasteiger partial charge in [0.05, 0.1) is 18.8 Å². The van der Waals surface area contributed by atoms with Gasteiger partial charge in [0.2, 0.25) is 0 Å². The summed E-state index contributed by atoms with van der Waals surface area (Å²) in [5.74, 6) is 0. The molecule has 4 nitrogen and oxygen atoms in total. The lowest BCUT2D eigenvalue weighted by molar-refractivity contribution is 0.149. The molecule has 0 amide bonds. The molecule has 1 aromatic rings. The summed E-state index contributed by atoms with van der Waals surface area (Å²) in [4.78, 5) is 0. The zero-order valence-electron chi connectivity index (χ0n) is 11.4. The van der Waals surface area contributed by atoms with E-state index in [0.717, 1.165) is 19.4 Å². The van der Waals surface area contributed by atoms with Crippen LogP contribution >= 0.6 is 0 Å². The Hall–Kier alpha value is -0.870. The van der Waals surface area contributed by atoms with Crippen molar-refractivity contribution in [2.24, 2.45) is 0 Å². The van der Waals surface area contributed by atoms with Crippen molar-refractivity contribution in [2.45, 2.75) is 52.1 Å². The summed E-state index contributed by atoms with van der Waals surface area (Å²) in [5, 5.41) is 17.3. The van der Waals surface area contributed by atoms with Crippen molar-refractivity contribution in [1.82, 2.24) is 15.1 Å². The minimum atomic E-state index is -0.227. The predicted molar refractivity (Wildman–Crippen MR) is 70.1 cm³/mol. The highest BCUT2D eigenvalue weighted by molar-refractivity contribution is 5.00. The standard InChI is InChI=1S/C13H25N3O/c1-5-6-14-13(4,10-17)7-12(3)16-9-11(2)8-15-16/h8-9,12,14,17H,5-7,10H2,1-4H3. The van der Waals surface area contributed by atoms with Crippen molar-refractivity contribution in [2.75, 3.05) is 13.2 Å². The Balaban J connectivity index is 2.61. The molecule has 0 spiro atoms. The van der Waals surface area contributed by atoms with E-state index in [4.69, 9.17) is 0 Å². The van der Waals surface area contributed by atoms with Crippen LogP contribution in [0.1, 0.15) is 45.2 Å². The molecule has 1 heterocycles. The van der Waals surface area contributed by atoms with E-state index in [2.05, 4.69) is 31.2 Å². The highest BCUT2D eigenvalue weighted by Gasteiger charge is 2.25. The topological polar surface area (TPSA) is 50.1 Å². The van der Waals surface area contributed by atoms with E-state index in [1.165, 1.54) is 5.56 Å². The zero-order valence-corrected chi connectivity index (χ0v) is 11.4. The van der Waals surface area contributed by atoms with E-state index < -0.39 is 0 Å². The average molecular weight is 239 g/mol. The molecule has 17 heavy (non-hydrogen) atoms. The summed E-state index contributed by atoms with van der Waals surface area (Å²) in [5.41, 5.74) is 0.944. The molecule has 0 aliphatic heterocycles.